The summed E-state index contributed by atoms with van der Waals surface area (Å²) >= 11 is 0. The Balaban J connectivity index is 2.94. The van der Waals surface area contributed by atoms with Crippen molar-refractivity contribution in [2.24, 2.45) is 0 Å². The van der Waals surface area contributed by atoms with Crippen LogP contribution in [0.5, 0.6) is 0 Å². The molecule has 0 aromatic heterocycles. The normalized spacial score (nSPS) is 25.1. The Morgan fingerprint density at radius 3 is 1.55 bits per heavy atom. The van der Waals surface area contributed by atoms with Crippen LogP contribution >= 0.6 is 0 Å². The van der Waals surface area contributed by atoms with E-state index in [1.54, 1.807) is 0 Å². The van der Waals surface area contributed by atoms with Crippen LogP contribution in [-0.4, -0.2) is 5.71 Å². The molecule has 0 amide bonds. The van der Waals surface area contributed by atoms with Crippen LogP contribution in [0.3, 0.4) is 0 Å². The lowest BCUT2D eigenvalue weighted by Crippen LogP contribution is -1.95. The maximum atomic E-state index is 7.94. The van der Waals surface area contributed by atoms with E-state index in [2.05, 4.69) is 0 Å². The van der Waals surface area contributed by atoms with Gasteiger partial charge in [0.2, 0.25) is 0 Å². The average molecular weight is 263 g/mol. The van der Waals surface area contributed by atoms with Gasteiger partial charge < -0.3 is 5.41 Å². The van der Waals surface area contributed by atoms with E-state index in [9.17, 15) is 0 Å². The molecule has 0 bridgehead atoms. The third-order valence-electron chi connectivity index (χ3n) is 2.59. The standard InChI is InChI=1S/C19H21N/c1-2-19(20)18-16-14-12-10-8-6-4-3-5-7-9-11-13-15-17-18/h3-17,20H,2H2,1H3/b4-3-,5-3?,6-4?,7-5-,8-6-,9-7?,10-8?,11-9-,12-10-,13-11?,14-12?,15-13-,16-14?,17-15?,18-16?,18-17?,20-19?. The molecule has 0 spiro atoms. The molecule has 102 valence electrons. The summed E-state index contributed by atoms with van der Waals surface area (Å²) in [4.78, 5) is 0. The molecule has 0 aliphatic heterocycles. The summed E-state index contributed by atoms with van der Waals surface area (Å²) < 4.78 is 0. The van der Waals surface area contributed by atoms with Gasteiger partial charge in [0.25, 0.3) is 0 Å². The van der Waals surface area contributed by atoms with E-state index in [1.807, 2.05) is 98.1 Å². The number of allylic oxidation sites excluding steroid dienone is 16. The van der Waals surface area contributed by atoms with Crippen LogP contribution in [0.2, 0.25) is 0 Å². The van der Waals surface area contributed by atoms with Crippen molar-refractivity contribution in [3.05, 3.63) is 96.7 Å². The molecular formula is C19H21N. The van der Waals surface area contributed by atoms with Gasteiger partial charge in [0.05, 0.1) is 0 Å². The average Bonchev–Trinajstić information content (AvgIpc) is 2.46. The molecule has 1 N–H and O–H groups in total. The van der Waals surface area contributed by atoms with Crippen LogP contribution in [0, 0.1) is 5.41 Å². The van der Waals surface area contributed by atoms with Gasteiger partial charge >= 0.3 is 0 Å². The highest BCUT2D eigenvalue weighted by Crippen LogP contribution is 2.04. The quantitative estimate of drug-likeness (QED) is 0.658. The Hall–Kier alpha value is -2.41. The van der Waals surface area contributed by atoms with Gasteiger partial charge in [-0.15, -0.1) is 0 Å². The summed E-state index contributed by atoms with van der Waals surface area (Å²) in [5, 5.41) is 7.94. The molecule has 1 aliphatic rings. The van der Waals surface area contributed by atoms with Crippen molar-refractivity contribution in [3.63, 3.8) is 0 Å². The number of nitrogens with one attached hydrogen (secondary N) is 1. The highest BCUT2D eigenvalue weighted by atomic mass is 14.4. The van der Waals surface area contributed by atoms with Crippen LogP contribution in [-0.2, 0) is 0 Å². The fourth-order valence-corrected chi connectivity index (χ4v) is 1.48. The second-order valence-electron chi connectivity index (χ2n) is 4.12. The van der Waals surface area contributed by atoms with Crippen molar-refractivity contribution in [2.75, 3.05) is 0 Å². The molecule has 0 heterocycles. The van der Waals surface area contributed by atoms with Crippen LogP contribution < -0.4 is 0 Å². The number of hydrogen-bond acceptors (Lipinski definition) is 1. The lowest BCUT2D eigenvalue weighted by atomic mass is 10.1. The second kappa shape index (κ2) is 10.5. The topological polar surface area (TPSA) is 23.9 Å². The summed E-state index contributed by atoms with van der Waals surface area (Å²) in [6.45, 7) is 2.00. The van der Waals surface area contributed by atoms with Gasteiger partial charge in [-0.05, 0) is 12.0 Å². The third-order valence-corrected chi connectivity index (χ3v) is 2.59. The molecule has 0 saturated heterocycles. The minimum Gasteiger partial charge on any atom is -0.305 e. The summed E-state index contributed by atoms with van der Waals surface area (Å²) in [7, 11) is 0. The molecule has 0 aromatic rings. The Morgan fingerprint density at radius 1 is 0.700 bits per heavy atom. The van der Waals surface area contributed by atoms with E-state index in [0.29, 0.717) is 5.71 Å². The van der Waals surface area contributed by atoms with Crippen LogP contribution in [0.4, 0.5) is 0 Å². The first-order valence-electron chi connectivity index (χ1n) is 6.80. The van der Waals surface area contributed by atoms with Gasteiger partial charge in [-0.25, -0.2) is 0 Å². The fourth-order valence-electron chi connectivity index (χ4n) is 1.48. The Kier molecular flexibility index (Phi) is 8.22. The van der Waals surface area contributed by atoms with Crippen LogP contribution in [0.15, 0.2) is 96.7 Å². The van der Waals surface area contributed by atoms with E-state index in [-0.39, 0.29) is 0 Å². The van der Waals surface area contributed by atoms with E-state index in [4.69, 9.17) is 5.41 Å². The number of hydrogen-bond donors (Lipinski definition) is 1. The fraction of sp³-hybridized carbons (Fsp3) is 0.105. The van der Waals surface area contributed by atoms with Crippen molar-refractivity contribution >= 4 is 5.71 Å². The maximum absolute atomic E-state index is 7.94. The predicted octanol–water partition coefficient (Wildman–Crippen LogP) is 5.25. The van der Waals surface area contributed by atoms with Gasteiger partial charge in [0, 0.05) is 5.71 Å². The lowest BCUT2D eigenvalue weighted by Gasteiger charge is -1.99. The minimum atomic E-state index is 0.641. The smallest absolute Gasteiger partial charge is 0.0383 e. The van der Waals surface area contributed by atoms with Crippen molar-refractivity contribution in [1.82, 2.24) is 0 Å². The first kappa shape index (κ1) is 15.6. The molecule has 0 radical (unpaired) electrons. The molecular weight excluding hydrogens is 242 g/mol. The highest BCUT2D eigenvalue weighted by Gasteiger charge is 1.96. The van der Waals surface area contributed by atoms with Gasteiger partial charge in [-0.1, -0.05) is 98.1 Å². The third kappa shape index (κ3) is 7.12. The van der Waals surface area contributed by atoms with Gasteiger partial charge in [0.15, 0.2) is 0 Å². The molecule has 0 atom stereocenters. The van der Waals surface area contributed by atoms with E-state index < -0.39 is 0 Å². The second-order valence-corrected chi connectivity index (χ2v) is 4.12. The van der Waals surface area contributed by atoms with Crippen LogP contribution in [0.1, 0.15) is 13.3 Å². The summed E-state index contributed by atoms with van der Waals surface area (Å²) in [5.41, 5.74) is 1.58. The first-order valence-corrected chi connectivity index (χ1v) is 6.80. The molecule has 20 heavy (non-hydrogen) atoms. The molecule has 1 rings (SSSR count). The predicted molar refractivity (Wildman–Crippen MR) is 90.1 cm³/mol. The molecule has 0 unspecified atom stereocenters. The summed E-state index contributed by atoms with van der Waals surface area (Å²) in [5.74, 6) is 0. The van der Waals surface area contributed by atoms with Crippen molar-refractivity contribution in [2.45, 2.75) is 13.3 Å². The maximum Gasteiger partial charge on any atom is 0.0383 e. The Bertz CT molecular complexity index is 532. The van der Waals surface area contributed by atoms with Crippen molar-refractivity contribution < 1.29 is 0 Å². The SMILES string of the molecule is CCC(=N)C1=C\C=C/C=C\C=C/C=C\C=C/C=C\C=C1. The molecule has 0 aromatic carbocycles. The van der Waals surface area contributed by atoms with Crippen molar-refractivity contribution in [1.29, 1.82) is 5.41 Å². The summed E-state index contributed by atoms with van der Waals surface area (Å²) in [6, 6.07) is 0. The van der Waals surface area contributed by atoms with Crippen molar-refractivity contribution in [3.8, 4) is 0 Å². The molecule has 1 heteroatoms. The number of rotatable bonds is 2. The monoisotopic (exact) mass is 263 g/mol. The molecule has 1 aliphatic carbocycles. The van der Waals surface area contributed by atoms with Gasteiger partial charge in [-0.2, -0.15) is 0 Å². The van der Waals surface area contributed by atoms with Crippen LogP contribution in [0.25, 0.3) is 0 Å². The minimum absolute atomic E-state index is 0.641. The highest BCUT2D eigenvalue weighted by molar-refractivity contribution is 6.00. The van der Waals surface area contributed by atoms with E-state index >= 15 is 0 Å². The largest absolute Gasteiger partial charge is 0.305 e. The Morgan fingerprint density at radius 2 is 1.10 bits per heavy atom. The molecule has 0 saturated carbocycles. The van der Waals surface area contributed by atoms with Gasteiger partial charge in [0.1, 0.15) is 0 Å². The van der Waals surface area contributed by atoms with E-state index in [0.717, 1.165) is 12.0 Å². The van der Waals surface area contributed by atoms with E-state index in [1.165, 1.54) is 0 Å². The summed E-state index contributed by atoms with van der Waals surface area (Å²) in [6.07, 6.45) is 30.3. The zero-order valence-electron chi connectivity index (χ0n) is 11.9. The molecule has 1 nitrogen and oxygen atoms in total. The zero-order chi connectivity index (χ0) is 14.5. The first-order chi connectivity index (χ1) is 9.84. The molecule has 0 fully saturated rings. The zero-order valence-corrected chi connectivity index (χ0v) is 11.9. The lowest BCUT2D eigenvalue weighted by molar-refractivity contribution is 1.24. The Labute approximate surface area is 121 Å². The van der Waals surface area contributed by atoms with Gasteiger partial charge in [-0.3, -0.25) is 0 Å².